The van der Waals surface area contributed by atoms with Gasteiger partial charge >= 0.3 is 17.9 Å². The zero-order valence-electron chi connectivity index (χ0n) is 20.8. The Hall–Kier alpha value is -2.56. The lowest BCUT2D eigenvalue weighted by Gasteiger charge is -2.66. The van der Waals surface area contributed by atoms with E-state index in [9.17, 15) is 29.4 Å². The van der Waals surface area contributed by atoms with Gasteiger partial charge in [0.1, 0.15) is 23.1 Å². The molecule has 0 bridgehead atoms. The molecule has 2 saturated heterocycles. The van der Waals surface area contributed by atoms with Crippen molar-refractivity contribution in [3.63, 3.8) is 0 Å². The highest BCUT2D eigenvalue weighted by atomic mass is 16.7. The minimum Gasteiger partial charge on any atom is -0.456 e. The van der Waals surface area contributed by atoms with Crippen molar-refractivity contribution in [2.24, 2.45) is 28.1 Å². The molecule has 0 aromatic carbocycles. The predicted molar refractivity (Wildman–Crippen MR) is 119 cm³/mol. The topological polar surface area (TPSA) is 149 Å². The van der Waals surface area contributed by atoms with E-state index in [1.54, 1.807) is 33.8 Å². The zero-order chi connectivity index (χ0) is 26.2. The Balaban J connectivity index is 1.55. The van der Waals surface area contributed by atoms with Crippen LogP contribution in [0.25, 0.3) is 0 Å². The van der Waals surface area contributed by atoms with Crippen LogP contribution in [0.1, 0.15) is 47.5 Å². The lowest BCUT2D eigenvalue weighted by Crippen LogP contribution is -2.75. The van der Waals surface area contributed by atoms with Crippen molar-refractivity contribution in [2.75, 3.05) is 0 Å². The number of hydrogen-bond donors (Lipinski definition) is 2. The summed E-state index contributed by atoms with van der Waals surface area (Å²) in [6, 6.07) is 0. The fourth-order valence-corrected chi connectivity index (χ4v) is 8.86. The van der Waals surface area contributed by atoms with Crippen molar-refractivity contribution >= 4 is 23.7 Å². The van der Waals surface area contributed by atoms with E-state index in [2.05, 4.69) is 0 Å². The third-order valence-electron chi connectivity index (χ3n) is 10.2. The van der Waals surface area contributed by atoms with Gasteiger partial charge in [-0.15, -0.1) is 0 Å². The van der Waals surface area contributed by atoms with E-state index in [4.69, 9.17) is 18.9 Å². The molecular formula is C26H30O10. The largest absolute Gasteiger partial charge is 0.456 e. The van der Waals surface area contributed by atoms with Crippen LogP contribution < -0.4 is 0 Å². The fourth-order valence-electron chi connectivity index (χ4n) is 8.86. The van der Waals surface area contributed by atoms with E-state index < -0.39 is 81.8 Å². The van der Waals surface area contributed by atoms with Crippen LogP contribution in [0, 0.1) is 28.1 Å². The number of carbonyl (C=O) groups excluding carboxylic acids is 4. The van der Waals surface area contributed by atoms with E-state index in [0.717, 1.165) is 6.08 Å². The lowest BCUT2D eigenvalue weighted by atomic mass is 9.37. The first kappa shape index (κ1) is 23.8. The monoisotopic (exact) mass is 502 g/mol. The highest BCUT2D eigenvalue weighted by molar-refractivity contribution is 5.94. The van der Waals surface area contributed by atoms with Crippen molar-refractivity contribution in [1.82, 2.24) is 0 Å². The van der Waals surface area contributed by atoms with Gasteiger partial charge in [0, 0.05) is 41.4 Å². The summed E-state index contributed by atoms with van der Waals surface area (Å²) in [6.07, 6.45) is -0.609. The average Bonchev–Trinajstić information content (AvgIpc) is 3.47. The predicted octanol–water partition coefficient (Wildman–Crippen LogP) is 0.731. The van der Waals surface area contributed by atoms with Gasteiger partial charge in [0.15, 0.2) is 6.10 Å². The molecule has 6 rings (SSSR count). The van der Waals surface area contributed by atoms with Gasteiger partial charge in [-0.2, -0.15) is 0 Å². The van der Waals surface area contributed by atoms with Crippen molar-refractivity contribution in [1.29, 1.82) is 0 Å². The number of allylic oxidation sites excluding steroid dienone is 1. The van der Waals surface area contributed by atoms with Crippen molar-refractivity contribution in [2.45, 2.75) is 83.3 Å². The number of aliphatic hydroxyl groups is 2. The van der Waals surface area contributed by atoms with Gasteiger partial charge in [-0.25, -0.2) is 14.4 Å². The van der Waals surface area contributed by atoms with Gasteiger partial charge in [0.2, 0.25) is 6.29 Å². The summed E-state index contributed by atoms with van der Waals surface area (Å²) in [6.45, 7) is 8.94. The fraction of sp³-hybridized carbons (Fsp3) is 0.692. The van der Waals surface area contributed by atoms with Gasteiger partial charge in [0.25, 0.3) is 0 Å². The van der Waals surface area contributed by atoms with Crippen LogP contribution in [-0.2, 0) is 38.1 Å². The van der Waals surface area contributed by atoms with Crippen LogP contribution in [0.5, 0.6) is 0 Å². The number of ether oxygens (including phenoxy) is 4. The van der Waals surface area contributed by atoms with Crippen molar-refractivity contribution in [3.8, 4) is 0 Å². The molecule has 36 heavy (non-hydrogen) atoms. The molecule has 4 aliphatic heterocycles. The van der Waals surface area contributed by atoms with Gasteiger partial charge < -0.3 is 29.2 Å². The van der Waals surface area contributed by atoms with Crippen LogP contribution in [0.3, 0.4) is 0 Å². The second-order valence-electron chi connectivity index (χ2n) is 12.3. The van der Waals surface area contributed by atoms with Gasteiger partial charge in [-0.3, -0.25) is 4.79 Å². The van der Waals surface area contributed by atoms with E-state index in [1.807, 2.05) is 6.92 Å². The van der Waals surface area contributed by atoms with E-state index in [0.29, 0.717) is 0 Å². The minimum absolute atomic E-state index is 0.0430. The number of rotatable bonds is 1. The van der Waals surface area contributed by atoms with Crippen molar-refractivity contribution < 1.29 is 48.3 Å². The summed E-state index contributed by atoms with van der Waals surface area (Å²) in [4.78, 5) is 51.6. The molecule has 4 fully saturated rings. The number of cyclic esters (lactones) is 3. The third-order valence-corrected chi connectivity index (χ3v) is 10.2. The molecule has 2 N–H and O–H groups in total. The number of carbonyl (C=O) groups is 4. The number of aliphatic hydroxyl groups excluding tert-OH is 2. The Morgan fingerprint density at radius 3 is 2.28 bits per heavy atom. The summed E-state index contributed by atoms with van der Waals surface area (Å²) >= 11 is 0. The maximum atomic E-state index is 14.2. The first-order valence-corrected chi connectivity index (χ1v) is 12.3. The van der Waals surface area contributed by atoms with Gasteiger partial charge in [0.05, 0.1) is 11.5 Å². The number of Topliss-reactive ketones (excluding diaryl/α,β-unsaturated/α-hetero) is 1. The lowest BCUT2D eigenvalue weighted by molar-refractivity contribution is -0.236. The minimum atomic E-state index is -1.61. The molecule has 0 amide bonds. The summed E-state index contributed by atoms with van der Waals surface area (Å²) in [5.41, 5.74) is -5.65. The van der Waals surface area contributed by atoms with E-state index in [-0.39, 0.29) is 24.2 Å². The molecule has 0 aromatic heterocycles. The Morgan fingerprint density at radius 1 is 0.944 bits per heavy atom. The molecule has 4 heterocycles. The molecule has 10 nitrogen and oxygen atoms in total. The number of hydrogen-bond acceptors (Lipinski definition) is 10. The van der Waals surface area contributed by atoms with Crippen LogP contribution in [0.4, 0.5) is 0 Å². The average molecular weight is 503 g/mol. The zero-order valence-corrected chi connectivity index (χ0v) is 20.8. The van der Waals surface area contributed by atoms with E-state index >= 15 is 0 Å². The summed E-state index contributed by atoms with van der Waals surface area (Å²) in [7, 11) is 0. The molecule has 194 valence electrons. The quantitative estimate of drug-likeness (QED) is 0.299. The molecular weight excluding hydrogens is 472 g/mol. The van der Waals surface area contributed by atoms with Gasteiger partial charge in [-0.05, 0) is 32.6 Å². The normalized spacial score (nSPS) is 52.5. The SMILES string of the molecule is CC1(C)OC(=O)C=CC2(C)C1CC(=O)C1(C)C2C(O)CC2(C)C(C3=CC(=O)OC3O)OC(=O)C3OC321. The highest BCUT2D eigenvalue weighted by Gasteiger charge is 2.89. The third kappa shape index (κ3) is 2.48. The number of fused-ring (bicyclic) bond motifs is 3. The second kappa shape index (κ2) is 6.65. The molecule has 6 aliphatic rings. The Bertz CT molecular complexity index is 1190. The maximum Gasteiger partial charge on any atom is 0.339 e. The molecule has 2 saturated carbocycles. The highest BCUT2D eigenvalue weighted by Crippen LogP contribution is 2.77. The Morgan fingerprint density at radius 2 is 1.64 bits per heavy atom. The summed E-state index contributed by atoms with van der Waals surface area (Å²) in [5, 5.41) is 22.2. The van der Waals surface area contributed by atoms with Crippen LogP contribution in [0.15, 0.2) is 23.8 Å². The molecule has 0 aromatic rings. The van der Waals surface area contributed by atoms with Crippen molar-refractivity contribution in [3.05, 3.63) is 23.8 Å². The molecule has 10 heteroatoms. The first-order chi connectivity index (χ1) is 16.6. The molecule has 2 aliphatic carbocycles. The molecule has 10 atom stereocenters. The van der Waals surface area contributed by atoms with Crippen LogP contribution in [0.2, 0.25) is 0 Å². The number of epoxide rings is 1. The summed E-state index contributed by atoms with van der Waals surface area (Å²) in [5.74, 6) is -3.34. The van der Waals surface area contributed by atoms with Crippen LogP contribution in [-0.4, -0.2) is 69.7 Å². The Kier molecular flexibility index (Phi) is 4.40. The standard InChI is InChI=1S/C26H30O10/c1-22(2)13-9-14(28)25(5)17(23(13,3)7-6-15(29)35-22)12(27)10-24(4)18(11-8-16(30)33-20(11)31)34-21(32)19-26(24,25)36-19/h6-8,12-13,17-20,27,31H,9-10H2,1-5H3. The first-order valence-electron chi connectivity index (χ1n) is 12.3. The van der Waals surface area contributed by atoms with E-state index in [1.165, 1.54) is 6.08 Å². The molecule has 10 unspecified atom stereocenters. The second-order valence-corrected chi connectivity index (χ2v) is 12.3. The van der Waals surface area contributed by atoms with Crippen LogP contribution >= 0.6 is 0 Å². The van der Waals surface area contributed by atoms with Gasteiger partial charge in [-0.1, -0.05) is 19.9 Å². The number of esters is 3. The smallest absolute Gasteiger partial charge is 0.339 e. The number of ketones is 1. The summed E-state index contributed by atoms with van der Waals surface area (Å²) < 4.78 is 22.4. The molecule has 0 radical (unpaired) electrons. The maximum absolute atomic E-state index is 14.2. The Labute approximate surface area is 207 Å². The molecule has 1 spiro atoms.